The molecule has 0 amide bonds. The number of fused-ring (bicyclic) bond motifs is 1. The molecule has 1 radical (unpaired) electrons. The topological polar surface area (TPSA) is 13.1 Å². The second-order valence-electron chi connectivity index (χ2n) is 1.90. The Morgan fingerprint density at radius 1 is 1.33 bits per heavy atom. The predicted octanol–water partition coefficient (Wildman–Crippen LogP) is 2.18. The summed E-state index contributed by atoms with van der Waals surface area (Å²) in [5, 5.41) is 0. The number of hydrogen-bond acceptors (Lipinski definition) is 1. The van der Waals surface area contributed by atoms with Gasteiger partial charge in [0, 0.05) is 5.56 Å². The zero-order chi connectivity index (χ0) is 6.10. The third-order valence-electron chi connectivity index (χ3n) is 1.32. The second kappa shape index (κ2) is 1.62. The van der Waals surface area contributed by atoms with Gasteiger partial charge in [0.25, 0.3) is 0 Å². The van der Waals surface area contributed by atoms with Crippen molar-refractivity contribution in [1.82, 2.24) is 0 Å². The Morgan fingerprint density at radius 2 is 2.33 bits per heavy atom. The largest absolute Gasteiger partial charge is 0.472 e. The van der Waals surface area contributed by atoms with Crippen LogP contribution < -0.4 is 0 Å². The average Bonchev–Trinajstić information content (AvgIpc) is 2.33. The van der Waals surface area contributed by atoms with E-state index in [1.165, 1.54) is 5.56 Å². The SMILES string of the molecule is [c]1ccc2ccocc1-2. The van der Waals surface area contributed by atoms with E-state index in [0.717, 1.165) is 5.56 Å². The van der Waals surface area contributed by atoms with Crippen molar-refractivity contribution in [2.24, 2.45) is 0 Å². The highest BCUT2D eigenvalue weighted by Gasteiger charge is 1.98. The van der Waals surface area contributed by atoms with Crippen LogP contribution in [0.5, 0.6) is 0 Å². The molecule has 0 atom stereocenters. The van der Waals surface area contributed by atoms with Crippen molar-refractivity contribution in [2.45, 2.75) is 0 Å². The van der Waals surface area contributed by atoms with Gasteiger partial charge in [0.05, 0.1) is 12.5 Å². The zero-order valence-electron chi connectivity index (χ0n) is 4.79. The highest BCUT2D eigenvalue weighted by molar-refractivity contribution is 5.63. The highest BCUT2D eigenvalue weighted by Crippen LogP contribution is 2.20. The van der Waals surface area contributed by atoms with Crippen LogP contribution in [0.1, 0.15) is 0 Å². The summed E-state index contributed by atoms with van der Waals surface area (Å²) in [4.78, 5) is 0. The monoisotopic (exact) mass is 117 g/mol. The van der Waals surface area contributed by atoms with Crippen molar-refractivity contribution < 1.29 is 4.42 Å². The molecule has 9 heavy (non-hydrogen) atoms. The average molecular weight is 117 g/mol. The molecule has 1 heterocycles. The summed E-state index contributed by atoms with van der Waals surface area (Å²) < 4.78 is 4.92. The van der Waals surface area contributed by atoms with Gasteiger partial charge in [-0.25, -0.2) is 0 Å². The summed E-state index contributed by atoms with van der Waals surface area (Å²) in [6.45, 7) is 0. The molecule has 1 heteroatoms. The minimum absolute atomic E-state index is 1.04. The molecular formula is C8H5O. The Labute approximate surface area is 53.3 Å². The van der Waals surface area contributed by atoms with Crippen molar-refractivity contribution in [3.05, 3.63) is 36.8 Å². The van der Waals surface area contributed by atoms with E-state index in [2.05, 4.69) is 6.07 Å². The quantitative estimate of drug-likeness (QED) is 0.515. The molecule has 0 bridgehead atoms. The lowest BCUT2D eigenvalue weighted by molar-refractivity contribution is 0.552. The minimum Gasteiger partial charge on any atom is -0.472 e. The molecule has 0 aromatic heterocycles. The molecule has 0 N–H and O–H groups in total. The van der Waals surface area contributed by atoms with Gasteiger partial charge < -0.3 is 4.42 Å². The fourth-order valence-corrected chi connectivity index (χ4v) is 0.862. The molecule has 1 aliphatic carbocycles. The van der Waals surface area contributed by atoms with E-state index in [9.17, 15) is 0 Å². The van der Waals surface area contributed by atoms with Gasteiger partial charge in [0.2, 0.25) is 0 Å². The number of hydrogen-bond donors (Lipinski definition) is 0. The van der Waals surface area contributed by atoms with Gasteiger partial charge in [-0.2, -0.15) is 0 Å². The predicted molar refractivity (Wildman–Crippen MR) is 34.2 cm³/mol. The van der Waals surface area contributed by atoms with Crippen LogP contribution in [0.15, 0.2) is 35.1 Å². The van der Waals surface area contributed by atoms with Gasteiger partial charge in [0.1, 0.15) is 0 Å². The van der Waals surface area contributed by atoms with Crippen molar-refractivity contribution >= 4 is 0 Å². The first-order valence-corrected chi connectivity index (χ1v) is 2.79. The molecule has 2 rings (SSSR count). The summed E-state index contributed by atoms with van der Waals surface area (Å²) in [5.41, 5.74) is 2.22. The lowest BCUT2D eigenvalue weighted by atomic mass is 10.2. The van der Waals surface area contributed by atoms with Gasteiger partial charge in [0.15, 0.2) is 0 Å². The van der Waals surface area contributed by atoms with Gasteiger partial charge >= 0.3 is 0 Å². The van der Waals surface area contributed by atoms with Crippen molar-refractivity contribution in [1.29, 1.82) is 0 Å². The Balaban J connectivity index is 2.79. The third-order valence-corrected chi connectivity index (χ3v) is 1.32. The number of rotatable bonds is 0. The van der Waals surface area contributed by atoms with E-state index in [1.807, 2.05) is 18.2 Å². The lowest BCUT2D eigenvalue weighted by Crippen LogP contribution is -1.67. The molecule has 0 saturated heterocycles. The zero-order valence-corrected chi connectivity index (χ0v) is 4.79. The van der Waals surface area contributed by atoms with E-state index in [0.29, 0.717) is 0 Å². The highest BCUT2D eigenvalue weighted by atomic mass is 16.3. The maximum absolute atomic E-state index is 4.92. The van der Waals surface area contributed by atoms with Crippen LogP contribution in [-0.4, -0.2) is 0 Å². The van der Waals surface area contributed by atoms with Gasteiger partial charge in [-0.05, 0) is 17.7 Å². The molecular weight excluding hydrogens is 112 g/mol. The summed E-state index contributed by atoms with van der Waals surface area (Å²) in [7, 11) is 0. The molecule has 0 spiro atoms. The van der Waals surface area contributed by atoms with Gasteiger partial charge in [-0.1, -0.05) is 12.1 Å². The molecule has 0 aromatic rings. The molecule has 0 saturated carbocycles. The Kier molecular flexibility index (Phi) is 0.833. The molecule has 2 aliphatic rings. The van der Waals surface area contributed by atoms with E-state index >= 15 is 0 Å². The van der Waals surface area contributed by atoms with Crippen LogP contribution in [0.4, 0.5) is 0 Å². The summed E-state index contributed by atoms with van der Waals surface area (Å²) >= 11 is 0. The lowest BCUT2D eigenvalue weighted by Gasteiger charge is -1.91. The minimum atomic E-state index is 1.04. The molecule has 1 aliphatic heterocycles. The standard InChI is InChI=1S/C8H5O/c1-2-7-4-5-9-6-8(7)3-1/h1-2,4-6H. The first-order chi connectivity index (χ1) is 4.47. The fraction of sp³-hybridized carbons (Fsp3) is 0. The van der Waals surface area contributed by atoms with Crippen LogP contribution in [0.2, 0.25) is 0 Å². The molecule has 43 valence electrons. The Bertz CT molecular complexity index is 245. The molecule has 0 unspecified atom stereocenters. The van der Waals surface area contributed by atoms with E-state index in [4.69, 9.17) is 4.42 Å². The van der Waals surface area contributed by atoms with Crippen LogP contribution >= 0.6 is 0 Å². The van der Waals surface area contributed by atoms with Crippen LogP contribution in [0, 0.1) is 6.07 Å². The smallest absolute Gasteiger partial charge is 0.0986 e. The maximum Gasteiger partial charge on any atom is 0.0986 e. The normalized spacial score (nSPS) is 10.2. The van der Waals surface area contributed by atoms with E-state index in [1.54, 1.807) is 12.5 Å². The van der Waals surface area contributed by atoms with Crippen LogP contribution in [0.3, 0.4) is 0 Å². The molecule has 0 aromatic carbocycles. The molecule has 0 fully saturated rings. The third kappa shape index (κ3) is 0.617. The van der Waals surface area contributed by atoms with Crippen LogP contribution in [0.25, 0.3) is 11.1 Å². The summed E-state index contributed by atoms with van der Waals surface area (Å²) in [6, 6.07) is 8.84. The first kappa shape index (κ1) is 4.62. The van der Waals surface area contributed by atoms with Crippen LogP contribution in [-0.2, 0) is 0 Å². The summed E-state index contributed by atoms with van der Waals surface area (Å²) in [6.07, 6.45) is 3.35. The van der Waals surface area contributed by atoms with E-state index < -0.39 is 0 Å². The summed E-state index contributed by atoms with van der Waals surface area (Å²) in [5.74, 6) is 0. The molecule has 1 nitrogen and oxygen atoms in total. The Hall–Kier alpha value is -1.24. The first-order valence-electron chi connectivity index (χ1n) is 2.79. The van der Waals surface area contributed by atoms with Crippen molar-refractivity contribution in [3.63, 3.8) is 0 Å². The van der Waals surface area contributed by atoms with E-state index in [-0.39, 0.29) is 0 Å². The fourth-order valence-electron chi connectivity index (χ4n) is 0.862. The van der Waals surface area contributed by atoms with Crippen molar-refractivity contribution in [2.75, 3.05) is 0 Å². The maximum atomic E-state index is 4.92. The van der Waals surface area contributed by atoms with Crippen molar-refractivity contribution in [3.8, 4) is 11.1 Å². The van der Waals surface area contributed by atoms with Gasteiger partial charge in [-0.15, -0.1) is 0 Å². The Morgan fingerprint density at radius 3 is 3.22 bits per heavy atom. The second-order valence-corrected chi connectivity index (χ2v) is 1.90. The van der Waals surface area contributed by atoms with Gasteiger partial charge in [-0.3, -0.25) is 0 Å².